The summed E-state index contributed by atoms with van der Waals surface area (Å²) < 4.78 is 0. The van der Waals surface area contributed by atoms with Crippen molar-refractivity contribution in [2.75, 3.05) is 5.73 Å². The van der Waals surface area contributed by atoms with Gasteiger partial charge < -0.3 is 10.7 Å². The van der Waals surface area contributed by atoms with Crippen LogP contribution >= 0.6 is 0 Å². The number of hydrogen-bond acceptors (Lipinski definition) is 3. The molecule has 66 valence electrons. The van der Waals surface area contributed by atoms with Crippen molar-refractivity contribution in [3.63, 3.8) is 0 Å². The van der Waals surface area contributed by atoms with E-state index in [9.17, 15) is 4.79 Å². The molecule has 0 spiro atoms. The van der Waals surface area contributed by atoms with Crippen molar-refractivity contribution in [3.05, 3.63) is 34.1 Å². The standard InChI is InChI=1S/C9H9N3O/c1-5-4-6-2-3-7(13)11-9(6)12-8(5)10/h2-4H,1H3,(H3,10,11,12,13). The van der Waals surface area contributed by atoms with Gasteiger partial charge in [-0.25, -0.2) is 4.98 Å². The Morgan fingerprint density at radius 3 is 3.00 bits per heavy atom. The zero-order valence-electron chi connectivity index (χ0n) is 7.16. The molecule has 0 unspecified atom stereocenters. The number of pyridine rings is 2. The molecule has 13 heavy (non-hydrogen) atoms. The number of aromatic nitrogens is 2. The molecule has 0 aromatic carbocycles. The lowest BCUT2D eigenvalue weighted by Crippen LogP contribution is -2.05. The van der Waals surface area contributed by atoms with Gasteiger partial charge in [0.05, 0.1) is 0 Å². The molecule has 0 amide bonds. The fourth-order valence-corrected chi connectivity index (χ4v) is 1.20. The number of rotatable bonds is 0. The second-order valence-electron chi connectivity index (χ2n) is 2.95. The van der Waals surface area contributed by atoms with Crippen molar-refractivity contribution in [2.45, 2.75) is 6.92 Å². The summed E-state index contributed by atoms with van der Waals surface area (Å²) in [6.45, 7) is 1.88. The molecule has 0 fully saturated rings. The molecular formula is C9H9N3O. The van der Waals surface area contributed by atoms with Crippen LogP contribution in [0, 0.1) is 6.92 Å². The van der Waals surface area contributed by atoms with Gasteiger partial charge in [0.1, 0.15) is 11.5 Å². The summed E-state index contributed by atoms with van der Waals surface area (Å²) >= 11 is 0. The van der Waals surface area contributed by atoms with Gasteiger partial charge in [-0.05, 0) is 24.6 Å². The van der Waals surface area contributed by atoms with Crippen LogP contribution in [-0.4, -0.2) is 9.97 Å². The number of nitrogens with two attached hydrogens (primary N) is 1. The van der Waals surface area contributed by atoms with Gasteiger partial charge in [-0.3, -0.25) is 4.79 Å². The predicted molar refractivity (Wildman–Crippen MR) is 51.5 cm³/mol. The fraction of sp³-hybridized carbons (Fsp3) is 0.111. The number of hydrogen-bond donors (Lipinski definition) is 2. The van der Waals surface area contributed by atoms with Gasteiger partial charge in [-0.1, -0.05) is 0 Å². The summed E-state index contributed by atoms with van der Waals surface area (Å²) in [5.41, 5.74) is 6.89. The van der Waals surface area contributed by atoms with Crippen molar-refractivity contribution >= 4 is 16.9 Å². The Morgan fingerprint density at radius 1 is 1.46 bits per heavy atom. The van der Waals surface area contributed by atoms with Crippen LogP contribution in [0.2, 0.25) is 0 Å². The number of aromatic amines is 1. The number of nitrogens with zero attached hydrogens (tertiary/aromatic N) is 1. The Labute approximate surface area is 74.4 Å². The van der Waals surface area contributed by atoms with Crippen LogP contribution in [0.5, 0.6) is 0 Å². The second-order valence-corrected chi connectivity index (χ2v) is 2.95. The number of nitrogen functional groups attached to an aromatic ring is 1. The third-order valence-corrected chi connectivity index (χ3v) is 1.94. The summed E-state index contributed by atoms with van der Waals surface area (Å²) in [6.07, 6.45) is 0. The van der Waals surface area contributed by atoms with Crippen molar-refractivity contribution in [1.82, 2.24) is 9.97 Å². The largest absolute Gasteiger partial charge is 0.383 e. The van der Waals surface area contributed by atoms with Gasteiger partial charge in [0.25, 0.3) is 0 Å². The van der Waals surface area contributed by atoms with E-state index in [4.69, 9.17) is 5.73 Å². The van der Waals surface area contributed by atoms with Crippen molar-refractivity contribution < 1.29 is 0 Å². The minimum Gasteiger partial charge on any atom is -0.383 e. The lowest BCUT2D eigenvalue weighted by atomic mass is 10.2. The normalized spacial score (nSPS) is 10.5. The van der Waals surface area contributed by atoms with Gasteiger partial charge in [0, 0.05) is 11.5 Å². The predicted octanol–water partition coefficient (Wildman–Crippen LogP) is 0.814. The van der Waals surface area contributed by atoms with Gasteiger partial charge in [0.15, 0.2) is 0 Å². The minimum absolute atomic E-state index is 0.164. The number of H-pyrrole nitrogens is 1. The van der Waals surface area contributed by atoms with Crippen LogP contribution in [0.1, 0.15) is 5.56 Å². The van der Waals surface area contributed by atoms with E-state index in [1.165, 1.54) is 6.07 Å². The SMILES string of the molecule is Cc1cc2ccc(=O)[nH]c2nc1N. The summed E-state index contributed by atoms with van der Waals surface area (Å²) in [4.78, 5) is 17.6. The maximum Gasteiger partial charge on any atom is 0.249 e. The third kappa shape index (κ3) is 1.26. The average molecular weight is 175 g/mol. The smallest absolute Gasteiger partial charge is 0.249 e. The Bertz CT molecular complexity index is 516. The van der Waals surface area contributed by atoms with E-state index in [1.54, 1.807) is 6.07 Å². The Hall–Kier alpha value is -1.84. The number of fused-ring (bicyclic) bond motifs is 1. The lowest BCUT2D eigenvalue weighted by Gasteiger charge is -2.01. The van der Waals surface area contributed by atoms with E-state index in [0.717, 1.165) is 10.9 Å². The minimum atomic E-state index is -0.164. The number of anilines is 1. The van der Waals surface area contributed by atoms with Crippen molar-refractivity contribution in [3.8, 4) is 0 Å². The van der Waals surface area contributed by atoms with Gasteiger partial charge >= 0.3 is 0 Å². The van der Waals surface area contributed by atoms with E-state index in [0.29, 0.717) is 11.5 Å². The second kappa shape index (κ2) is 2.58. The van der Waals surface area contributed by atoms with Crippen LogP contribution in [0.15, 0.2) is 23.0 Å². The zero-order valence-corrected chi connectivity index (χ0v) is 7.16. The van der Waals surface area contributed by atoms with E-state index in [-0.39, 0.29) is 5.56 Å². The molecule has 0 aliphatic carbocycles. The van der Waals surface area contributed by atoms with Gasteiger partial charge in [-0.15, -0.1) is 0 Å². The fourth-order valence-electron chi connectivity index (χ4n) is 1.20. The van der Waals surface area contributed by atoms with E-state index < -0.39 is 0 Å². The van der Waals surface area contributed by atoms with Crippen molar-refractivity contribution in [1.29, 1.82) is 0 Å². The van der Waals surface area contributed by atoms with Crippen LogP contribution < -0.4 is 11.3 Å². The summed E-state index contributed by atoms with van der Waals surface area (Å²) in [7, 11) is 0. The first kappa shape index (κ1) is 7.79. The molecule has 2 aromatic heterocycles. The highest BCUT2D eigenvalue weighted by molar-refractivity contribution is 5.77. The molecule has 4 nitrogen and oxygen atoms in total. The van der Waals surface area contributed by atoms with Crippen LogP contribution in [0.4, 0.5) is 5.82 Å². The molecule has 2 rings (SSSR count). The topological polar surface area (TPSA) is 71.8 Å². The number of aryl methyl sites for hydroxylation is 1. The molecule has 0 atom stereocenters. The molecule has 0 saturated heterocycles. The monoisotopic (exact) mass is 175 g/mol. The molecule has 0 saturated carbocycles. The molecule has 0 aliphatic rings. The lowest BCUT2D eigenvalue weighted by molar-refractivity contribution is 1.22. The first-order valence-electron chi connectivity index (χ1n) is 3.93. The van der Waals surface area contributed by atoms with Crippen LogP contribution in [0.25, 0.3) is 11.0 Å². The Balaban J connectivity index is 2.89. The highest BCUT2D eigenvalue weighted by Crippen LogP contribution is 2.13. The third-order valence-electron chi connectivity index (χ3n) is 1.94. The number of nitrogens with one attached hydrogen (secondary N) is 1. The Morgan fingerprint density at radius 2 is 2.23 bits per heavy atom. The average Bonchev–Trinajstić information content (AvgIpc) is 2.08. The first-order chi connectivity index (χ1) is 6.16. The zero-order chi connectivity index (χ0) is 9.42. The molecule has 4 heteroatoms. The van der Waals surface area contributed by atoms with E-state index >= 15 is 0 Å². The van der Waals surface area contributed by atoms with Crippen molar-refractivity contribution in [2.24, 2.45) is 0 Å². The molecule has 2 aromatic rings. The Kier molecular flexibility index (Phi) is 1.55. The molecule has 0 radical (unpaired) electrons. The molecular weight excluding hydrogens is 166 g/mol. The maximum absolute atomic E-state index is 10.9. The molecule has 2 heterocycles. The highest BCUT2D eigenvalue weighted by atomic mass is 16.1. The van der Waals surface area contributed by atoms with E-state index in [2.05, 4.69) is 9.97 Å². The van der Waals surface area contributed by atoms with E-state index in [1.807, 2.05) is 13.0 Å². The quantitative estimate of drug-likeness (QED) is 0.622. The summed E-state index contributed by atoms with van der Waals surface area (Å²) in [6, 6.07) is 5.10. The molecule has 3 N–H and O–H groups in total. The van der Waals surface area contributed by atoms with Gasteiger partial charge in [-0.2, -0.15) is 0 Å². The summed E-state index contributed by atoms with van der Waals surface area (Å²) in [5, 5.41) is 0.895. The first-order valence-corrected chi connectivity index (χ1v) is 3.93. The van der Waals surface area contributed by atoms with Gasteiger partial charge in [0.2, 0.25) is 5.56 Å². The summed E-state index contributed by atoms with van der Waals surface area (Å²) in [5.74, 6) is 0.453. The molecule has 0 bridgehead atoms. The maximum atomic E-state index is 10.9. The van der Waals surface area contributed by atoms with Crippen LogP contribution in [-0.2, 0) is 0 Å². The highest BCUT2D eigenvalue weighted by Gasteiger charge is 1.99. The molecule has 0 aliphatic heterocycles. The van der Waals surface area contributed by atoms with Crippen LogP contribution in [0.3, 0.4) is 0 Å².